The summed E-state index contributed by atoms with van der Waals surface area (Å²) in [5.41, 5.74) is 2.04. The van der Waals surface area contributed by atoms with E-state index in [9.17, 15) is 0 Å². The molecule has 8 heteroatoms. The summed E-state index contributed by atoms with van der Waals surface area (Å²) in [4.78, 5) is 9.91. The molecule has 4 rings (SSSR count). The van der Waals surface area contributed by atoms with E-state index in [0.29, 0.717) is 13.1 Å². The van der Waals surface area contributed by atoms with Gasteiger partial charge in [0.15, 0.2) is 22.4 Å². The predicted molar refractivity (Wildman–Crippen MR) is 116 cm³/mol. The van der Waals surface area contributed by atoms with E-state index in [0.717, 1.165) is 46.5 Å². The van der Waals surface area contributed by atoms with Crippen molar-refractivity contribution in [1.29, 1.82) is 0 Å². The normalized spacial score (nSPS) is 15.0. The molecule has 0 aliphatic heterocycles. The van der Waals surface area contributed by atoms with Crippen molar-refractivity contribution >= 4 is 22.3 Å². The van der Waals surface area contributed by atoms with Crippen molar-refractivity contribution in [1.82, 2.24) is 20.0 Å². The molecule has 0 saturated heterocycles. The molecule has 1 fully saturated rings. The Morgan fingerprint density at radius 2 is 2.10 bits per heavy atom. The van der Waals surface area contributed by atoms with Crippen LogP contribution in [-0.4, -0.2) is 35.6 Å². The zero-order valence-corrected chi connectivity index (χ0v) is 17.7. The van der Waals surface area contributed by atoms with Gasteiger partial charge in [-0.15, -0.1) is 11.3 Å². The van der Waals surface area contributed by atoms with Crippen molar-refractivity contribution in [2.24, 2.45) is 4.99 Å². The largest absolute Gasteiger partial charge is 0.493 e. The molecule has 3 aromatic rings. The highest BCUT2D eigenvalue weighted by Gasteiger charge is 2.20. The summed E-state index contributed by atoms with van der Waals surface area (Å²) in [6, 6.07) is 6.01. The fourth-order valence-electron chi connectivity index (χ4n) is 3.60. The maximum Gasteiger partial charge on any atom is 0.193 e. The van der Waals surface area contributed by atoms with E-state index in [2.05, 4.69) is 26.7 Å². The maximum absolute atomic E-state index is 6.31. The van der Waals surface area contributed by atoms with Crippen LogP contribution in [0.25, 0.3) is 4.96 Å². The van der Waals surface area contributed by atoms with Crippen LogP contribution < -0.4 is 20.1 Å². The minimum absolute atomic E-state index is 0.275. The lowest BCUT2D eigenvalue weighted by molar-refractivity contribution is 0.198. The molecule has 1 saturated carbocycles. The topological polar surface area (TPSA) is 72.2 Å². The number of methoxy groups -OCH3 is 1. The molecular formula is C21H27N5O2S. The highest BCUT2D eigenvalue weighted by Crippen LogP contribution is 2.34. The van der Waals surface area contributed by atoms with Crippen LogP contribution in [0.5, 0.6) is 11.5 Å². The van der Waals surface area contributed by atoms with E-state index in [1.165, 1.54) is 12.8 Å². The van der Waals surface area contributed by atoms with E-state index in [1.54, 1.807) is 25.5 Å². The molecule has 2 heterocycles. The monoisotopic (exact) mass is 413 g/mol. The van der Waals surface area contributed by atoms with Gasteiger partial charge in [0.2, 0.25) is 0 Å². The number of guanidine groups is 1. The summed E-state index contributed by atoms with van der Waals surface area (Å²) in [6.45, 7) is 1.20. The third kappa shape index (κ3) is 4.64. The van der Waals surface area contributed by atoms with Gasteiger partial charge in [-0.3, -0.25) is 9.39 Å². The molecule has 154 valence electrons. The summed E-state index contributed by atoms with van der Waals surface area (Å²) >= 11 is 1.63. The fourth-order valence-corrected chi connectivity index (χ4v) is 4.32. The van der Waals surface area contributed by atoms with E-state index in [4.69, 9.17) is 9.47 Å². The molecule has 1 aliphatic carbocycles. The number of aliphatic imine (C=N–C) groups is 1. The van der Waals surface area contributed by atoms with Gasteiger partial charge < -0.3 is 20.1 Å². The average Bonchev–Trinajstić information content (AvgIpc) is 3.47. The van der Waals surface area contributed by atoms with Gasteiger partial charge in [0.1, 0.15) is 0 Å². The second-order valence-electron chi connectivity index (χ2n) is 7.08. The van der Waals surface area contributed by atoms with E-state index < -0.39 is 0 Å². The van der Waals surface area contributed by atoms with Crippen LogP contribution in [-0.2, 0) is 13.1 Å². The first-order valence-electron chi connectivity index (χ1n) is 9.95. The molecule has 2 aromatic heterocycles. The number of benzene rings is 1. The zero-order chi connectivity index (χ0) is 20.1. The number of rotatable bonds is 7. The Labute approximate surface area is 174 Å². The minimum Gasteiger partial charge on any atom is -0.493 e. The smallest absolute Gasteiger partial charge is 0.193 e. The number of aromatic nitrogens is 2. The van der Waals surface area contributed by atoms with Crippen LogP contribution in [0.2, 0.25) is 0 Å². The van der Waals surface area contributed by atoms with Crippen molar-refractivity contribution in [3.63, 3.8) is 0 Å². The Hall–Kier alpha value is -2.74. The van der Waals surface area contributed by atoms with Crippen LogP contribution in [0.15, 0.2) is 41.0 Å². The van der Waals surface area contributed by atoms with Crippen LogP contribution in [0.1, 0.15) is 36.9 Å². The number of hydrogen-bond donors (Lipinski definition) is 2. The number of fused-ring (bicyclic) bond motifs is 1. The van der Waals surface area contributed by atoms with Gasteiger partial charge in [0.05, 0.1) is 25.5 Å². The van der Waals surface area contributed by atoms with E-state index in [1.807, 2.05) is 34.3 Å². The van der Waals surface area contributed by atoms with Crippen molar-refractivity contribution in [3.8, 4) is 11.5 Å². The van der Waals surface area contributed by atoms with Crippen LogP contribution in [0, 0.1) is 0 Å². The third-order valence-electron chi connectivity index (χ3n) is 5.12. The van der Waals surface area contributed by atoms with Gasteiger partial charge in [-0.2, -0.15) is 0 Å². The number of para-hydroxylation sites is 1. The van der Waals surface area contributed by atoms with Gasteiger partial charge in [0.25, 0.3) is 0 Å². The number of nitrogens with one attached hydrogen (secondary N) is 2. The van der Waals surface area contributed by atoms with Crippen LogP contribution in [0.4, 0.5) is 0 Å². The molecule has 0 radical (unpaired) electrons. The summed E-state index contributed by atoms with van der Waals surface area (Å²) < 4.78 is 13.9. The van der Waals surface area contributed by atoms with Crippen LogP contribution in [0.3, 0.4) is 0 Å². The lowest BCUT2D eigenvalue weighted by Gasteiger charge is -2.20. The van der Waals surface area contributed by atoms with Gasteiger partial charge in [-0.1, -0.05) is 12.1 Å². The second kappa shape index (κ2) is 9.17. The third-order valence-corrected chi connectivity index (χ3v) is 5.89. The van der Waals surface area contributed by atoms with Crippen molar-refractivity contribution in [2.75, 3.05) is 14.2 Å². The average molecular weight is 414 g/mol. The molecule has 7 nitrogen and oxygen atoms in total. The van der Waals surface area contributed by atoms with Crippen molar-refractivity contribution < 1.29 is 9.47 Å². The zero-order valence-electron chi connectivity index (χ0n) is 16.9. The molecule has 1 aliphatic rings. The fraction of sp³-hybridized carbons (Fsp3) is 0.429. The minimum atomic E-state index is 0.275. The molecular weight excluding hydrogens is 386 g/mol. The standard InChI is InChI=1S/C21H27N5O2S/c1-22-20(24-13-16-14-26-10-11-29-21(26)25-16)23-12-15-6-5-9-18(27-2)19(15)28-17-7-3-4-8-17/h5-6,9-11,14,17H,3-4,7-8,12-13H2,1-2H3,(H2,22,23,24). The number of nitrogens with zero attached hydrogens (tertiary/aromatic N) is 3. The maximum atomic E-state index is 6.31. The Morgan fingerprint density at radius 3 is 2.86 bits per heavy atom. The Bertz CT molecular complexity index is 946. The number of imidazole rings is 1. The predicted octanol–water partition coefficient (Wildman–Crippen LogP) is 3.59. The Balaban J connectivity index is 1.39. The molecule has 0 amide bonds. The van der Waals surface area contributed by atoms with Gasteiger partial charge in [0, 0.05) is 36.9 Å². The number of ether oxygens (including phenoxy) is 2. The van der Waals surface area contributed by atoms with Crippen molar-refractivity contribution in [3.05, 3.63) is 47.2 Å². The number of hydrogen-bond acceptors (Lipinski definition) is 5. The molecule has 0 bridgehead atoms. The molecule has 0 unspecified atom stereocenters. The summed E-state index contributed by atoms with van der Waals surface area (Å²) in [5.74, 6) is 2.33. The first-order chi connectivity index (χ1) is 14.3. The number of thiazole rings is 1. The Morgan fingerprint density at radius 1 is 1.28 bits per heavy atom. The summed E-state index contributed by atoms with van der Waals surface area (Å²) in [6.07, 6.45) is 9.00. The van der Waals surface area contributed by atoms with Gasteiger partial charge in [-0.25, -0.2) is 4.98 Å². The quantitative estimate of drug-likeness (QED) is 0.457. The lowest BCUT2D eigenvalue weighted by Crippen LogP contribution is -2.36. The SMILES string of the molecule is CN=C(NCc1cn2ccsc2n1)NCc1cccc(OC)c1OC1CCCC1. The van der Waals surface area contributed by atoms with Gasteiger partial charge in [-0.05, 0) is 31.7 Å². The molecule has 0 spiro atoms. The molecule has 1 aromatic carbocycles. The lowest BCUT2D eigenvalue weighted by atomic mass is 10.1. The molecule has 29 heavy (non-hydrogen) atoms. The van der Waals surface area contributed by atoms with Gasteiger partial charge >= 0.3 is 0 Å². The molecule has 2 N–H and O–H groups in total. The van der Waals surface area contributed by atoms with Crippen molar-refractivity contribution in [2.45, 2.75) is 44.9 Å². The van der Waals surface area contributed by atoms with E-state index >= 15 is 0 Å². The Kier molecular flexibility index (Phi) is 6.19. The first kappa shape index (κ1) is 19.6. The molecule has 0 atom stereocenters. The highest BCUT2D eigenvalue weighted by molar-refractivity contribution is 7.15. The van der Waals surface area contributed by atoms with Crippen LogP contribution >= 0.6 is 11.3 Å². The van der Waals surface area contributed by atoms with E-state index in [-0.39, 0.29) is 6.10 Å². The highest BCUT2D eigenvalue weighted by atomic mass is 32.1. The summed E-state index contributed by atoms with van der Waals surface area (Å²) in [5, 5.41) is 8.72. The first-order valence-corrected chi connectivity index (χ1v) is 10.8. The second-order valence-corrected chi connectivity index (χ2v) is 7.95. The summed E-state index contributed by atoms with van der Waals surface area (Å²) in [7, 11) is 3.45.